The van der Waals surface area contributed by atoms with E-state index in [1.165, 1.54) is 31.9 Å². The monoisotopic (exact) mass is 599 g/mol. The number of likely N-dealkylation sites (tertiary alicyclic amines) is 2. The Bertz CT molecular complexity index is 1580. The molecule has 0 radical (unpaired) electrons. The fraction of sp³-hybridized carbons (Fsp3) is 0.543. The average Bonchev–Trinajstić information content (AvgIpc) is 3.51. The number of allylic oxidation sites excluding steroid dienone is 2. The van der Waals surface area contributed by atoms with E-state index >= 15 is 4.39 Å². The van der Waals surface area contributed by atoms with Crippen molar-refractivity contribution in [3.8, 4) is 0 Å². The summed E-state index contributed by atoms with van der Waals surface area (Å²) >= 11 is 0. The molecule has 8 nitrogen and oxygen atoms in total. The van der Waals surface area contributed by atoms with E-state index in [9.17, 15) is 0 Å². The Balaban J connectivity index is 1.04. The van der Waals surface area contributed by atoms with Crippen LogP contribution in [-0.4, -0.2) is 78.7 Å². The van der Waals surface area contributed by atoms with E-state index in [2.05, 4.69) is 54.7 Å². The van der Waals surface area contributed by atoms with Crippen molar-refractivity contribution in [3.63, 3.8) is 0 Å². The molecular formula is C35H46FN7O. The summed E-state index contributed by atoms with van der Waals surface area (Å²) in [5, 5.41) is 1.58. The lowest BCUT2D eigenvalue weighted by molar-refractivity contribution is -0.0608. The zero-order chi connectivity index (χ0) is 30.8. The molecule has 6 rings (SSSR count). The first-order chi connectivity index (χ1) is 21.3. The van der Waals surface area contributed by atoms with Crippen LogP contribution < -0.4 is 10.7 Å². The third-order valence-corrected chi connectivity index (χ3v) is 9.46. The highest BCUT2D eigenvalue weighted by Gasteiger charge is 2.37. The van der Waals surface area contributed by atoms with Gasteiger partial charge in [0.1, 0.15) is 17.5 Å². The van der Waals surface area contributed by atoms with Gasteiger partial charge in [-0.05, 0) is 90.6 Å². The van der Waals surface area contributed by atoms with Gasteiger partial charge in [0, 0.05) is 67.4 Å². The summed E-state index contributed by atoms with van der Waals surface area (Å²) in [6, 6.07) is 2.74. The van der Waals surface area contributed by atoms with Crippen LogP contribution in [0.5, 0.6) is 0 Å². The Morgan fingerprint density at radius 2 is 1.75 bits per heavy atom. The second-order valence-corrected chi connectivity index (χ2v) is 12.9. The summed E-state index contributed by atoms with van der Waals surface area (Å²) in [7, 11) is 0. The molecule has 3 aliphatic rings. The molecule has 44 heavy (non-hydrogen) atoms. The highest BCUT2D eigenvalue weighted by Crippen LogP contribution is 2.30. The molecule has 234 valence electrons. The Morgan fingerprint density at radius 1 is 1.05 bits per heavy atom. The smallest absolute Gasteiger partial charge is 0.149 e. The minimum atomic E-state index is -0.349. The number of hydrogen-bond donors (Lipinski definition) is 0. The minimum absolute atomic E-state index is 0.217. The summed E-state index contributed by atoms with van der Waals surface area (Å²) in [6.07, 6.45) is 16.2. The first kappa shape index (κ1) is 30.7. The van der Waals surface area contributed by atoms with E-state index in [-0.39, 0.29) is 11.9 Å². The molecular weight excluding hydrogens is 553 g/mol. The molecule has 3 aromatic heterocycles. The Morgan fingerprint density at radius 3 is 2.41 bits per heavy atom. The van der Waals surface area contributed by atoms with Gasteiger partial charge in [-0.25, -0.2) is 19.3 Å². The molecule has 0 saturated carbocycles. The number of pyridine rings is 1. The zero-order valence-corrected chi connectivity index (χ0v) is 26.7. The van der Waals surface area contributed by atoms with Gasteiger partial charge in [-0.1, -0.05) is 12.7 Å². The standard InChI is InChI=1S/C35H46FN7O/c1-6-27(15-34-24(4)40-25(5)43(34)23(2)3)32-16-28(37-19-33(32)36)7-10-35-38-17-26(18-39-35)20-41-13-11-29(12-14-41)42-21-30-8-9-31(22-42)44-30/h6,15-19,23,29-31H,4,7-14,20-22H2,1-3,5H3/b27-6+,34-15+. The van der Waals surface area contributed by atoms with Crippen molar-refractivity contribution in [2.75, 3.05) is 26.2 Å². The van der Waals surface area contributed by atoms with Gasteiger partial charge in [-0.3, -0.25) is 14.8 Å². The van der Waals surface area contributed by atoms with Crippen molar-refractivity contribution in [1.82, 2.24) is 34.3 Å². The summed E-state index contributed by atoms with van der Waals surface area (Å²) in [5.74, 6) is 1.32. The quantitative estimate of drug-likeness (QED) is 0.368. The van der Waals surface area contributed by atoms with Crippen LogP contribution in [0.15, 0.2) is 30.7 Å². The molecule has 2 bridgehead atoms. The summed E-state index contributed by atoms with van der Waals surface area (Å²) in [4.78, 5) is 23.5. The Labute approximate surface area is 260 Å². The number of piperidine rings is 1. The number of morpholine rings is 1. The van der Waals surface area contributed by atoms with Gasteiger partial charge in [0.05, 0.1) is 29.1 Å². The van der Waals surface area contributed by atoms with E-state index in [4.69, 9.17) is 4.74 Å². The fourth-order valence-electron chi connectivity index (χ4n) is 7.21. The number of fused-ring (bicyclic) bond motifs is 2. The molecule has 0 N–H and O–H groups in total. The number of ether oxygens (including phenoxy) is 1. The summed E-state index contributed by atoms with van der Waals surface area (Å²) in [5.41, 5.74) is 3.25. The van der Waals surface area contributed by atoms with Crippen LogP contribution in [0.3, 0.4) is 0 Å². The molecule has 0 amide bonds. The topological polar surface area (TPSA) is 72.2 Å². The highest BCUT2D eigenvalue weighted by atomic mass is 19.1. The van der Waals surface area contributed by atoms with E-state index in [0.717, 1.165) is 66.6 Å². The summed E-state index contributed by atoms with van der Waals surface area (Å²) in [6.45, 7) is 17.6. The molecule has 0 aromatic carbocycles. The minimum Gasteiger partial charge on any atom is -0.372 e. The van der Waals surface area contributed by atoms with Crippen molar-refractivity contribution >= 4 is 18.2 Å². The fourth-order valence-corrected chi connectivity index (χ4v) is 7.21. The normalized spacial score (nSPS) is 22.4. The molecule has 9 heteroatoms. The lowest BCUT2D eigenvalue weighted by Gasteiger charge is -2.42. The SMILES string of the molecule is C=c1nc(C)n(C(C)C)/c1=C/C(=C\C)c1cc(CCc2ncc(CN3CCC(N4CC5CCC(C4)O5)CC3)cn2)ncc1F. The van der Waals surface area contributed by atoms with E-state index in [1.54, 1.807) is 0 Å². The van der Waals surface area contributed by atoms with Crippen LogP contribution in [0.1, 0.15) is 81.0 Å². The number of hydrogen-bond acceptors (Lipinski definition) is 7. The maximum atomic E-state index is 15.0. The Kier molecular flexibility index (Phi) is 9.35. The Hall–Kier alpha value is -3.27. The molecule has 2 unspecified atom stereocenters. The molecule has 3 fully saturated rings. The predicted octanol–water partition coefficient (Wildman–Crippen LogP) is 4.00. The predicted molar refractivity (Wildman–Crippen MR) is 172 cm³/mol. The van der Waals surface area contributed by atoms with Crippen molar-refractivity contribution in [2.45, 2.75) is 97.1 Å². The van der Waals surface area contributed by atoms with Crippen molar-refractivity contribution in [3.05, 3.63) is 75.7 Å². The zero-order valence-electron chi connectivity index (χ0n) is 26.7. The van der Waals surface area contributed by atoms with Crippen LogP contribution in [0.2, 0.25) is 0 Å². The second-order valence-electron chi connectivity index (χ2n) is 12.9. The number of halogens is 1. The number of rotatable bonds is 9. The van der Waals surface area contributed by atoms with Crippen LogP contribution in [0, 0.1) is 12.7 Å². The highest BCUT2D eigenvalue weighted by molar-refractivity contribution is 5.88. The van der Waals surface area contributed by atoms with Crippen LogP contribution in [0.25, 0.3) is 18.2 Å². The van der Waals surface area contributed by atoms with Crippen molar-refractivity contribution < 1.29 is 9.13 Å². The van der Waals surface area contributed by atoms with Crippen molar-refractivity contribution in [2.24, 2.45) is 0 Å². The first-order valence-corrected chi connectivity index (χ1v) is 16.3. The number of aryl methyl sites for hydroxylation is 3. The van der Waals surface area contributed by atoms with Gasteiger partial charge in [0.2, 0.25) is 0 Å². The van der Waals surface area contributed by atoms with Gasteiger partial charge >= 0.3 is 0 Å². The molecule has 2 atom stereocenters. The maximum Gasteiger partial charge on any atom is 0.149 e. The van der Waals surface area contributed by atoms with Crippen molar-refractivity contribution in [1.29, 1.82) is 0 Å². The third kappa shape index (κ3) is 6.85. The lowest BCUT2D eigenvalue weighted by atomic mass is 10.0. The molecule has 0 spiro atoms. The maximum absolute atomic E-state index is 15.0. The third-order valence-electron chi connectivity index (χ3n) is 9.46. The average molecular weight is 600 g/mol. The molecule has 6 heterocycles. The number of imidazole rings is 1. The van der Waals surface area contributed by atoms with Gasteiger partial charge in [-0.2, -0.15) is 0 Å². The van der Waals surface area contributed by atoms with E-state index < -0.39 is 0 Å². The second kappa shape index (κ2) is 13.4. The number of nitrogens with zero attached hydrogens (tertiary/aromatic N) is 7. The van der Waals surface area contributed by atoms with E-state index in [1.807, 2.05) is 44.5 Å². The van der Waals surface area contributed by atoms with Gasteiger partial charge in [-0.15, -0.1) is 0 Å². The lowest BCUT2D eigenvalue weighted by Crippen LogP contribution is -2.51. The van der Waals surface area contributed by atoms with E-state index in [0.29, 0.717) is 42.0 Å². The van der Waals surface area contributed by atoms with Crippen LogP contribution in [-0.2, 0) is 24.1 Å². The molecule has 3 saturated heterocycles. The molecule has 0 aliphatic carbocycles. The molecule has 3 aromatic rings. The molecule has 3 aliphatic heterocycles. The number of aromatic nitrogens is 5. The van der Waals surface area contributed by atoms with Gasteiger partial charge in [0.25, 0.3) is 0 Å². The largest absolute Gasteiger partial charge is 0.372 e. The van der Waals surface area contributed by atoms with Crippen LogP contribution >= 0.6 is 0 Å². The summed E-state index contributed by atoms with van der Waals surface area (Å²) < 4.78 is 23.2. The van der Waals surface area contributed by atoms with Gasteiger partial charge in [0.15, 0.2) is 0 Å². The van der Waals surface area contributed by atoms with Crippen LogP contribution in [0.4, 0.5) is 4.39 Å². The van der Waals surface area contributed by atoms with Gasteiger partial charge < -0.3 is 9.30 Å². The first-order valence-electron chi connectivity index (χ1n) is 16.3.